The molecular weight excluding hydrogens is 250 g/mol. The Morgan fingerprint density at radius 1 is 1.20 bits per heavy atom. The first-order valence-electron chi connectivity index (χ1n) is 6.17. The maximum absolute atomic E-state index is 12.4. The second-order valence-corrected chi connectivity index (χ2v) is 4.61. The molecule has 0 spiro atoms. The minimum absolute atomic E-state index is 0.174. The highest BCUT2D eigenvalue weighted by Crippen LogP contribution is 2.20. The van der Waals surface area contributed by atoms with E-state index in [0.29, 0.717) is 22.5 Å². The molecule has 0 aliphatic carbocycles. The fraction of sp³-hybridized carbons (Fsp3) is 0.125. The van der Waals surface area contributed by atoms with E-state index in [1.807, 2.05) is 19.1 Å². The topological polar surface area (TPSA) is 70.1 Å². The SMILES string of the molecule is Cc1ccc(C(=O)N(C)c2ccc(C#N)cc2)c(N)c1. The number of benzene rings is 2. The molecule has 0 heterocycles. The van der Waals surface area contributed by atoms with Gasteiger partial charge in [0.25, 0.3) is 5.91 Å². The number of nitriles is 1. The lowest BCUT2D eigenvalue weighted by Gasteiger charge is -2.18. The molecule has 0 fully saturated rings. The van der Waals surface area contributed by atoms with Gasteiger partial charge in [0, 0.05) is 18.4 Å². The number of hydrogen-bond acceptors (Lipinski definition) is 3. The van der Waals surface area contributed by atoms with E-state index in [1.54, 1.807) is 43.4 Å². The Bertz CT molecular complexity index is 684. The molecule has 0 unspecified atom stereocenters. The van der Waals surface area contributed by atoms with Crippen molar-refractivity contribution >= 4 is 17.3 Å². The smallest absolute Gasteiger partial charge is 0.260 e. The second-order valence-electron chi connectivity index (χ2n) is 4.61. The van der Waals surface area contributed by atoms with E-state index < -0.39 is 0 Å². The van der Waals surface area contributed by atoms with Gasteiger partial charge in [0.05, 0.1) is 17.2 Å². The van der Waals surface area contributed by atoms with Crippen molar-refractivity contribution in [1.29, 1.82) is 5.26 Å². The molecule has 0 aliphatic rings. The number of amides is 1. The van der Waals surface area contributed by atoms with Crippen molar-refractivity contribution in [2.45, 2.75) is 6.92 Å². The Hall–Kier alpha value is -2.80. The van der Waals surface area contributed by atoms with Gasteiger partial charge in [-0.25, -0.2) is 0 Å². The van der Waals surface area contributed by atoms with Gasteiger partial charge in [-0.2, -0.15) is 5.26 Å². The molecule has 0 saturated carbocycles. The molecular formula is C16H15N3O. The molecule has 20 heavy (non-hydrogen) atoms. The van der Waals surface area contributed by atoms with Crippen LogP contribution in [0.1, 0.15) is 21.5 Å². The van der Waals surface area contributed by atoms with Gasteiger partial charge in [-0.15, -0.1) is 0 Å². The summed E-state index contributed by atoms with van der Waals surface area (Å²) in [4.78, 5) is 13.9. The lowest BCUT2D eigenvalue weighted by molar-refractivity contribution is 0.0994. The van der Waals surface area contributed by atoms with Crippen LogP contribution in [0.4, 0.5) is 11.4 Å². The van der Waals surface area contributed by atoms with Crippen LogP contribution in [0.2, 0.25) is 0 Å². The van der Waals surface area contributed by atoms with E-state index >= 15 is 0 Å². The predicted molar refractivity (Wildman–Crippen MR) is 79.5 cm³/mol. The first kappa shape index (κ1) is 13.6. The molecule has 2 rings (SSSR count). The number of nitrogens with zero attached hydrogens (tertiary/aromatic N) is 2. The fourth-order valence-corrected chi connectivity index (χ4v) is 1.93. The molecule has 0 saturated heterocycles. The third-order valence-electron chi connectivity index (χ3n) is 3.13. The van der Waals surface area contributed by atoms with E-state index in [-0.39, 0.29) is 5.91 Å². The molecule has 2 aromatic carbocycles. The molecule has 1 amide bonds. The summed E-state index contributed by atoms with van der Waals surface area (Å²) in [5.41, 5.74) is 9.13. The monoisotopic (exact) mass is 265 g/mol. The van der Waals surface area contributed by atoms with Gasteiger partial charge < -0.3 is 10.6 Å². The predicted octanol–water partition coefficient (Wildman–Crippen LogP) is 2.73. The largest absolute Gasteiger partial charge is 0.398 e. The number of aryl methyl sites for hydroxylation is 1. The maximum atomic E-state index is 12.4. The summed E-state index contributed by atoms with van der Waals surface area (Å²) < 4.78 is 0. The lowest BCUT2D eigenvalue weighted by atomic mass is 10.1. The van der Waals surface area contributed by atoms with Gasteiger partial charge in [-0.1, -0.05) is 6.07 Å². The average Bonchev–Trinajstić information content (AvgIpc) is 2.46. The Labute approximate surface area is 118 Å². The van der Waals surface area contributed by atoms with Crippen molar-refractivity contribution in [2.75, 3.05) is 17.7 Å². The molecule has 100 valence electrons. The first-order chi connectivity index (χ1) is 9.52. The van der Waals surface area contributed by atoms with Crippen LogP contribution < -0.4 is 10.6 Å². The molecule has 0 bridgehead atoms. The third kappa shape index (κ3) is 2.62. The van der Waals surface area contributed by atoms with Gasteiger partial charge >= 0.3 is 0 Å². The van der Waals surface area contributed by atoms with E-state index in [2.05, 4.69) is 0 Å². The minimum atomic E-state index is -0.174. The molecule has 0 atom stereocenters. The van der Waals surface area contributed by atoms with Crippen LogP contribution >= 0.6 is 0 Å². The lowest BCUT2D eigenvalue weighted by Crippen LogP contribution is -2.27. The highest BCUT2D eigenvalue weighted by atomic mass is 16.2. The number of anilines is 2. The average molecular weight is 265 g/mol. The summed E-state index contributed by atoms with van der Waals surface area (Å²) in [5.74, 6) is -0.174. The van der Waals surface area contributed by atoms with E-state index in [4.69, 9.17) is 11.0 Å². The Balaban J connectivity index is 2.30. The Kier molecular flexibility index (Phi) is 3.72. The van der Waals surface area contributed by atoms with E-state index in [1.165, 1.54) is 4.90 Å². The number of nitrogens with two attached hydrogens (primary N) is 1. The highest BCUT2D eigenvalue weighted by molar-refractivity contribution is 6.09. The summed E-state index contributed by atoms with van der Waals surface area (Å²) in [6.45, 7) is 1.93. The molecule has 4 heteroatoms. The van der Waals surface area contributed by atoms with Gasteiger partial charge in [0.15, 0.2) is 0 Å². The highest BCUT2D eigenvalue weighted by Gasteiger charge is 2.16. The van der Waals surface area contributed by atoms with Crippen LogP contribution in [0.25, 0.3) is 0 Å². The van der Waals surface area contributed by atoms with Crippen LogP contribution in [0.5, 0.6) is 0 Å². The number of carbonyl (C=O) groups is 1. The zero-order chi connectivity index (χ0) is 14.7. The zero-order valence-electron chi connectivity index (χ0n) is 11.4. The molecule has 0 aliphatic heterocycles. The number of nitrogen functional groups attached to an aromatic ring is 1. The quantitative estimate of drug-likeness (QED) is 0.849. The van der Waals surface area contributed by atoms with Crippen molar-refractivity contribution in [3.8, 4) is 6.07 Å². The van der Waals surface area contributed by atoms with Gasteiger partial charge in [-0.05, 0) is 48.9 Å². The minimum Gasteiger partial charge on any atom is -0.398 e. The van der Waals surface area contributed by atoms with Crippen LogP contribution in [-0.2, 0) is 0 Å². The van der Waals surface area contributed by atoms with Crippen LogP contribution in [0.15, 0.2) is 42.5 Å². The van der Waals surface area contributed by atoms with Gasteiger partial charge in [0.2, 0.25) is 0 Å². The molecule has 2 aromatic rings. The molecule has 0 aromatic heterocycles. The van der Waals surface area contributed by atoms with Crippen molar-refractivity contribution < 1.29 is 4.79 Å². The van der Waals surface area contributed by atoms with Crippen LogP contribution in [-0.4, -0.2) is 13.0 Å². The standard InChI is InChI=1S/C16H15N3O/c1-11-3-8-14(15(18)9-11)16(20)19(2)13-6-4-12(10-17)5-7-13/h3-9H,18H2,1-2H3. The maximum Gasteiger partial charge on any atom is 0.260 e. The van der Waals surface area contributed by atoms with Gasteiger partial charge in [-0.3, -0.25) is 4.79 Å². The summed E-state index contributed by atoms with van der Waals surface area (Å²) in [7, 11) is 1.68. The van der Waals surface area contributed by atoms with Gasteiger partial charge in [0.1, 0.15) is 0 Å². The van der Waals surface area contributed by atoms with Crippen molar-refractivity contribution in [3.05, 3.63) is 59.2 Å². The molecule has 2 N–H and O–H groups in total. The fourth-order valence-electron chi connectivity index (χ4n) is 1.93. The molecule has 0 radical (unpaired) electrons. The summed E-state index contributed by atoms with van der Waals surface area (Å²) >= 11 is 0. The zero-order valence-corrected chi connectivity index (χ0v) is 11.4. The van der Waals surface area contributed by atoms with Crippen LogP contribution in [0.3, 0.4) is 0 Å². The van der Waals surface area contributed by atoms with Crippen molar-refractivity contribution in [1.82, 2.24) is 0 Å². The Morgan fingerprint density at radius 2 is 1.85 bits per heavy atom. The van der Waals surface area contributed by atoms with E-state index in [9.17, 15) is 4.79 Å². The number of hydrogen-bond donors (Lipinski definition) is 1. The Morgan fingerprint density at radius 3 is 2.40 bits per heavy atom. The normalized spacial score (nSPS) is 9.85. The first-order valence-corrected chi connectivity index (χ1v) is 6.17. The van der Waals surface area contributed by atoms with Crippen LogP contribution in [0, 0.1) is 18.3 Å². The second kappa shape index (κ2) is 5.45. The summed E-state index contributed by atoms with van der Waals surface area (Å²) in [5, 5.41) is 8.77. The third-order valence-corrected chi connectivity index (χ3v) is 3.13. The summed E-state index contributed by atoms with van der Waals surface area (Å²) in [6.07, 6.45) is 0. The van der Waals surface area contributed by atoms with Crippen molar-refractivity contribution in [3.63, 3.8) is 0 Å². The number of carbonyl (C=O) groups excluding carboxylic acids is 1. The van der Waals surface area contributed by atoms with Crippen molar-refractivity contribution in [2.24, 2.45) is 0 Å². The van der Waals surface area contributed by atoms with E-state index in [0.717, 1.165) is 5.56 Å². The molecule has 4 nitrogen and oxygen atoms in total. The summed E-state index contributed by atoms with van der Waals surface area (Å²) in [6, 6.07) is 14.2. The number of rotatable bonds is 2.